The first-order valence-electron chi connectivity index (χ1n) is 7.58. The van der Waals surface area contributed by atoms with Crippen molar-refractivity contribution in [3.63, 3.8) is 0 Å². The van der Waals surface area contributed by atoms with Crippen LogP contribution in [-0.4, -0.2) is 48.9 Å². The topological polar surface area (TPSA) is 28.1 Å². The van der Waals surface area contributed by atoms with Gasteiger partial charge in [-0.05, 0) is 31.7 Å². The Morgan fingerprint density at radius 3 is 2.73 bits per heavy atom. The molecule has 2 aliphatic heterocycles. The summed E-state index contributed by atoms with van der Waals surface area (Å²) in [5.41, 5.74) is 3.24. The van der Waals surface area contributed by atoms with E-state index in [1.165, 1.54) is 5.56 Å². The lowest BCUT2D eigenvalue weighted by molar-refractivity contribution is 0.216. The van der Waals surface area contributed by atoms with Crippen LogP contribution < -0.4 is 4.74 Å². The van der Waals surface area contributed by atoms with Gasteiger partial charge in [0.05, 0.1) is 5.56 Å². The van der Waals surface area contributed by atoms with E-state index in [-0.39, 0.29) is 0 Å². The number of nitrogens with zero attached hydrogens (tertiary/aromatic N) is 3. The molecule has 0 radical (unpaired) electrons. The molecule has 0 bridgehead atoms. The summed E-state index contributed by atoms with van der Waals surface area (Å²) in [6, 6.07) is 6.19. The van der Waals surface area contributed by atoms with Gasteiger partial charge in [0, 0.05) is 36.9 Å². The van der Waals surface area contributed by atoms with Crippen LogP contribution in [-0.2, 0) is 0 Å². The van der Waals surface area contributed by atoms with Crippen molar-refractivity contribution >= 4 is 22.9 Å². The zero-order valence-corrected chi connectivity index (χ0v) is 13.7. The first kappa shape index (κ1) is 13.8. The van der Waals surface area contributed by atoms with Gasteiger partial charge in [-0.25, -0.2) is 4.99 Å². The normalized spacial score (nSPS) is 18.1. The molecule has 0 aliphatic carbocycles. The smallest absolute Gasteiger partial charge is 0.153 e. The Hall–Kier alpha value is -1.85. The molecule has 1 fully saturated rings. The summed E-state index contributed by atoms with van der Waals surface area (Å²) in [6.45, 7) is 6.24. The second-order valence-corrected chi connectivity index (χ2v) is 6.69. The number of ether oxygens (including phenoxy) is 1. The summed E-state index contributed by atoms with van der Waals surface area (Å²) in [6.07, 6.45) is 0. The third kappa shape index (κ3) is 2.40. The number of thiophene rings is 1. The molecule has 4 nitrogen and oxygen atoms in total. The van der Waals surface area contributed by atoms with E-state index in [0.717, 1.165) is 54.8 Å². The van der Waals surface area contributed by atoms with E-state index in [0.29, 0.717) is 0 Å². The van der Waals surface area contributed by atoms with E-state index in [2.05, 4.69) is 46.7 Å². The summed E-state index contributed by atoms with van der Waals surface area (Å²) < 4.78 is 6.10. The van der Waals surface area contributed by atoms with E-state index in [1.54, 1.807) is 11.3 Å². The Morgan fingerprint density at radius 1 is 1.09 bits per heavy atom. The van der Waals surface area contributed by atoms with E-state index in [4.69, 9.17) is 9.73 Å². The van der Waals surface area contributed by atoms with Crippen LogP contribution in [0.25, 0.3) is 0 Å². The fourth-order valence-electron chi connectivity index (χ4n) is 2.88. The molecule has 22 heavy (non-hydrogen) atoms. The lowest BCUT2D eigenvalue weighted by Crippen LogP contribution is -2.47. The molecule has 2 aliphatic rings. The third-order valence-corrected chi connectivity index (χ3v) is 4.95. The number of likely N-dealkylation sites (N-methyl/N-ethyl adjacent to an activating group) is 1. The Labute approximate surface area is 134 Å². The number of fused-ring (bicyclic) bond motifs is 2. The molecule has 0 atom stereocenters. The SMILES string of the molecule is Cc1ccc2c(c1)N=C(N1CCN(C)CC1)c1cscc1O2. The van der Waals surface area contributed by atoms with Crippen molar-refractivity contribution in [2.24, 2.45) is 4.99 Å². The minimum Gasteiger partial charge on any atom is -0.453 e. The maximum atomic E-state index is 6.10. The predicted molar refractivity (Wildman–Crippen MR) is 90.8 cm³/mol. The number of hydrogen-bond acceptors (Lipinski definition) is 5. The Kier molecular flexibility index (Phi) is 3.39. The fourth-order valence-corrected chi connectivity index (χ4v) is 3.60. The second kappa shape index (κ2) is 5.41. The van der Waals surface area contributed by atoms with Crippen LogP contribution in [0.5, 0.6) is 11.5 Å². The van der Waals surface area contributed by atoms with Crippen LogP contribution in [0, 0.1) is 6.92 Å². The molecule has 0 saturated carbocycles. The molecule has 114 valence electrons. The molecule has 3 heterocycles. The number of aryl methyl sites for hydroxylation is 1. The summed E-state index contributed by atoms with van der Waals surface area (Å²) in [5.74, 6) is 2.81. The highest BCUT2D eigenvalue weighted by Gasteiger charge is 2.25. The number of aliphatic imine (C=N–C) groups is 1. The van der Waals surface area contributed by atoms with Crippen molar-refractivity contribution in [1.29, 1.82) is 0 Å². The number of piperazine rings is 1. The average Bonchev–Trinajstić information content (AvgIpc) is 2.91. The number of amidine groups is 1. The summed E-state index contributed by atoms with van der Waals surface area (Å²) in [4.78, 5) is 9.71. The summed E-state index contributed by atoms with van der Waals surface area (Å²) in [5, 5.41) is 4.21. The Morgan fingerprint density at radius 2 is 1.91 bits per heavy atom. The van der Waals surface area contributed by atoms with E-state index < -0.39 is 0 Å². The standard InChI is InChI=1S/C17H19N3OS/c1-12-3-4-15-14(9-12)18-17(13-10-22-11-16(13)21-15)20-7-5-19(2)6-8-20/h3-4,9-11H,5-8H2,1-2H3. The maximum absolute atomic E-state index is 6.10. The van der Waals surface area contributed by atoms with Crippen molar-refractivity contribution in [3.8, 4) is 11.5 Å². The van der Waals surface area contributed by atoms with Crippen LogP contribution >= 0.6 is 11.3 Å². The van der Waals surface area contributed by atoms with Gasteiger partial charge in [0.15, 0.2) is 5.75 Å². The largest absolute Gasteiger partial charge is 0.453 e. The van der Waals surface area contributed by atoms with Crippen LogP contribution in [0.2, 0.25) is 0 Å². The molecule has 1 aromatic heterocycles. The molecule has 1 saturated heterocycles. The highest BCUT2D eigenvalue weighted by Crippen LogP contribution is 2.40. The number of rotatable bonds is 0. The molecule has 0 unspecified atom stereocenters. The molecule has 4 rings (SSSR count). The van der Waals surface area contributed by atoms with E-state index in [9.17, 15) is 0 Å². The minimum absolute atomic E-state index is 0.842. The molecular formula is C17H19N3OS. The minimum atomic E-state index is 0.842. The van der Waals surface area contributed by atoms with Crippen molar-refractivity contribution in [1.82, 2.24) is 9.80 Å². The van der Waals surface area contributed by atoms with Gasteiger partial charge in [0.1, 0.15) is 17.3 Å². The predicted octanol–water partition coefficient (Wildman–Crippen LogP) is 3.49. The zero-order chi connectivity index (χ0) is 15.1. The number of benzene rings is 1. The molecule has 1 aromatic carbocycles. The second-order valence-electron chi connectivity index (χ2n) is 5.95. The fraction of sp³-hybridized carbons (Fsp3) is 0.353. The summed E-state index contributed by atoms with van der Waals surface area (Å²) >= 11 is 1.67. The Balaban J connectivity index is 1.80. The highest BCUT2D eigenvalue weighted by atomic mass is 32.1. The molecule has 0 N–H and O–H groups in total. The molecular weight excluding hydrogens is 294 g/mol. The zero-order valence-electron chi connectivity index (χ0n) is 12.9. The Bertz CT molecular complexity index is 729. The van der Waals surface area contributed by atoms with E-state index in [1.807, 2.05) is 6.07 Å². The molecule has 0 amide bonds. The van der Waals surface area contributed by atoms with Gasteiger partial charge in [-0.15, -0.1) is 11.3 Å². The van der Waals surface area contributed by atoms with Crippen LogP contribution in [0.4, 0.5) is 5.69 Å². The quantitative estimate of drug-likeness (QED) is 0.745. The van der Waals surface area contributed by atoms with Gasteiger partial charge in [-0.1, -0.05) is 6.07 Å². The number of hydrogen-bond donors (Lipinski definition) is 0. The molecule has 5 heteroatoms. The third-order valence-electron chi connectivity index (χ3n) is 4.23. The first-order chi connectivity index (χ1) is 10.7. The lowest BCUT2D eigenvalue weighted by atomic mass is 10.2. The van der Waals surface area contributed by atoms with Crippen LogP contribution in [0.3, 0.4) is 0 Å². The van der Waals surface area contributed by atoms with Gasteiger partial charge in [-0.2, -0.15) is 0 Å². The van der Waals surface area contributed by atoms with Gasteiger partial charge in [0.2, 0.25) is 0 Å². The average molecular weight is 313 g/mol. The highest BCUT2D eigenvalue weighted by molar-refractivity contribution is 7.08. The van der Waals surface area contributed by atoms with E-state index >= 15 is 0 Å². The van der Waals surface area contributed by atoms with Crippen molar-refractivity contribution in [2.75, 3.05) is 33.2 Å². The van der Waals surface area contributed by atoms with Crippen molar-refractivity contribution < 1.29 is 4.74 Å². The van der Waals surface area contributed by atoms with Gasteiger partial charge >= 0.3 is 0 Å². The lowest BCUT2D eigenvalue weighted by Gasteiger charge is -2.34. The van der Waals surface area contributed by atoms with Gasteiger partial charge < -0.3 is 14.5 Å². The van der Waals surface area contributed by atoms with Gasteiger partial charge in [0.25, 0.3) is 0 Å². The van der Waals surface area contributed by atoms with Crippen molar-refractivity contribution in [3.05, 3.63) is 40.1 Å². The van der Waals surface area contributed by atoms with Crippen molar-refractivity contribution in [2.45, 2.75) is 6.92 Å². The summed E-state index contributed by atoms with van der Waals surface area (Å²) in [7, 11) is 2.17. The molecule has 2 aromatic rings. The van der Waals surface area contributed by atoms with Crippen LogP contribution in [0.1, 0.15) is 11.1 Å². The van der Waals surface area contributed by atoms with Gasteiger partial charge in [-0.3, -0.25) is 0 Å². The monoisotopic (exact) mass is 313 g/mol. The maximum Gasteiger partial charge on any atom is 0.153 e. The first-order valence-corrected chi connectivity index (χ1v) is 8.52. The molecule has 0 spiro atoms. The van der Waals surface area contributed by atoms with Crippen LogP contribution in [0.15, 0.2) is 34.0 Å².